The lowest BCUT2D eigenvalue weighted by Gasteiger charge is -2.33. The van der Waals surface area contributed by atoms with Crippen molar-refractivity contribution in [3.05, 3.63) is 58.7 Å². The van der Waals surface area contributed by atoms with Crippen molar-refractivity contribution in [2.75, 3.05) is 0 Å². The van der Waals surface area contributed by atoms with Gasteiger partial charge in [0.15, 0.2) is 5.78 Å². The van der Waals surface area contributed by atoms with Crippen LogP contribution < -0.4 is 5.32 Å². The van der Waals surface area contributed by atoms with Crippen molar-refractivity contribution in [1.82, 2.24) is 5.32 Å². The lowest BCUT2D eigenvalue weighted by Crippen LogP contribution is -2.32. The molecule has 0 saturated carbocycles. The lowest BCUT2D eigenvalue weighted by molar-refractivity contribution is -0.116. The van der Waals surface area contributed by atoms with E-state index in [0.29, 0.717) is 23.5 Å². The van der Waals surface area contributed by atoms with E-state index in [4.69, 9.17) is 4.74 Å². The van der Waals surface area contributed by atoms with Gasteiger partial charge in [-0.2, -0.15) is 5.26 Å². The molecule has 2 aliphatic rings. The SMILES string of the molecule is CC(C)NC1=C(C#N)C(c2ccccc2)C2=C(CCCC2=O)O1. The molecular weight excluding hydrogens is 288 g/mol. The van der Waals surface area contributed by atoms with Gasteiger partial charge in [0.1, 0.15) is 17.4 Å². The van der Waals surface area contributed by atoms with E-state index >= 15 is 0 Å². The number of carbonyl (C=O) groups is 1. The highest BCUT2D eigenvalue weighted by Gasteiger charge is 2.38. The summed E-state index contributed by atoms with van der Waals surface area (Å²) < 4.78 is 5.93. The Kier molecular flexibility index (Phi) is 4.20. The first-order valence-corrected chi connectivity index (χ1v) is 8.01. The Morgan fingerprint density at radius 1 is 1.26 bits per heavy atom. The largest absolute Gasteiger partial charge is 0.444 e. The Balaban J connectivity index is 2.15. The standard InChI is InChI=1S/C19H20N2O2/c1-12(2)21-19-14(11-20)17(13-7-4-3-5-8-13)18-15(22)9-6-10-16(18)23-19/h3-5,7-8,12,17,21H,6,9-10H2,1-2H3. The number of hydrogen-bond acceptors (Lipinski definition) is 4. The predicted molar refractivity (Wildman–Crippen MR) is 87.1 cm³/mol. The summed E-state index contributed by atoms with van der Waals surface area (Å²) in [6, 6.07) is 12.1. The average Bonchev–Trinajstić information content (AvgIpc) is 2.54. The van der Waals surface area contributed by atoms with Gasteiger partial charge in [0.05, 0.1) is 5.92 Å². The number of ketones is 1. The number of ether oxygens (including phenoxy) is 1. The first kappa shape index (κ1) is 15.4. The summed E-state index contributed by atoms with van der Waals surface area (Å²) >= 11 is 0. The Morgan fingerprint density at radius 2 is 2.00 bits per heavy atom. The van der Waals surface area contributed by atoms with E-state index in [1.165, 1.54) is 0 Å². The van der Waals surface area contributed by atoms with Crippen molar-refractivity contribution < 1.29 is 9.53 Å². The van der Waals surface area contributed by atoms with Gasteiger partial charge >= 0.3 is 0 Å². The molecule has 1 N–H and O–H groups in total. The van der Waals surface area contributed by atoms with Gasteiger partial charge in [-0.05, 0) is 25.8 Å². The van der Waals surface area contributed by atoms with Crippen LogP contribution in [0.3, 0.4) is 0 Å². The molecule has 0 spiro atoms. The second kappa shape index (κ2) is 6.29. The first-order chi connectivity index (χ1) is 11.1. The summed E-state index contributed by atoms with van der Waals surface area (Å²) in [7, 11) is 0. The molecule has 4 heteroatoms. The summed E-state index contributed by atoms with van der Waals surface area (Å²) in [6.07, 6.45) is 2.07. The first-order valence-electron chi connectivity index (χ1n) is 8.01. The molecule has 23 heavy (non-hydrogen) atoms. The average molecular weight is 308 g/mol. The lowest BCUT2D eigenvalue weighted by atomic mass is 9.77. The molecule has 4 nitrogen and oxygen atoms in total. The number of allylic oxidation sites excluding steroid dienone is 3. The molecule has 0 amide bonds. The molecule has 1 aromatic carbocycles. The Labute approximate surface area is 136 Å². The van der Waals surface area contributed by atoms with Crippen LogP contribution in [0.5, 0.6) is 0 Å². The molecule has 0 bridgehead atoms. The van der Waals surface area contributed by atoms with Crippen molar-refractivity contribution in [3.8, 4) is 6.07 Å². The van der Waals surface area contributed by atoms with Crippen LogP contribution in [0.25, 0.3) is 0 Å². The van der Waals surface area contributed by atoms with Gasteiger partial charge in [0, 0.05) is 24.5 Å². The van der Waals surface area contributed by atoms with Crippen LogP contribution in [0.1, 0.15) is 44.6 Å². The smallest absolute Gasteiger partial charge is 0.207 e. The Bertz CT molecular complexity index is 723. The van der Waals surface area contributed by atoms with E-state index in [1.807, 2.05) is 44.2 Å². The van der Waals surface area contributed by atoms with Crippen LogP contribution >= 0.6 is 0 Å². The van der Waals surface area contributed by atoms with Crippen LogP contribution in [0.2, 0.25) is 0 Å². The number of nitrogens with one attached hydrogen (secondary N) is 1. The topological polar surface area (TPSA) is 62.1 Å². The fourth-order valence-corrected chi connectivity index (χ4v) is 3.18. The van der Waals surface area contributed by atoms with Crippen LogP contribution in [0.15, 0.2) is 53.1 Å². The number of carbonyl (C=O) groups excluding carboxylic acids is 1. The Hall–Kier alpha value is -2.54. The minimum absolute atomic E-state index is 0.0939. The molecule has 1 unspecified atom stereocenters. The minimum atomic E-state index is -0.334. The summed E-state index contributed by atoms with van der Waals surface area (Å²) in [5, 5.41) is 12.9. The zero-order chi connectivity index (χ0) is 16.4. The molecule has 1 atom stereocenters. The van der Waals surface area contributed by atoms with Crippen LogP contribution in [-0.2, 0) is 9.53 Å². The van der Waals surface area contributed by atoms with Crippen LogP contribution in [0.4, 0.5) is 0 Å². The molecule has 0 saturated heterocycles. The molecule has 0 aromatic heterocycles. The number of benzene rings is 1. The Morgan fingerprint density at radius 3 is 2.65 bits per heavy atom. The summed E-state index contributed by atoms with van der Waals surface area (Å²) in [6.45, 7) is 4.00. The van der Waals surface area contributed by atoms with Gasteiger partial charge in [-0.3, -0.25) is 4.79 Å². The zero-order valence-electron chi connectivity index (χ0n) is 13.4. The highest BCUT2D eigenvalue weighted by molar-refractivity contribution is 5.99. The number of rotatable bonds is 3. The van der Waals surface area contributed by atoms with Crippen molar-refractivity contribution in [3.63, 3.8) is 0 Å². The van der Waals surface area contributed by atoms with Crippen molar-refractivity contribution in [2.45, 2.75) is 45.1 Å². The minimum Gasteiger partial charge on any atom is -0.444 e. The van der Waals surface area contributed by atoms with Crippen molar-refractivity contribution >= 4 is 5.78 Å². The quantitative estimate of drug-likeness (QED) is 0.927. The zero-order valence-corrected chi connectivity index (χ0v) is 13.4. The second-order valence-electron chi connectivity index (χ2n) is 6.21. The third-order valence-corrected chi connectivity index (χ3v) is 4.13. The molecular formula is C19H20N2O2. The third-order valence-electron chi connectivity index (χ3n) is 4.13. The molecule has 3 rings (SSSR count). The second-order valence-corrected chi connectivity index (χ2v) is 6.21. The molecule has 1 aliphatic carbocycles. The summed E-state index contributed by atoms with van der Waals surface area (Å²) in [5.74, 6) is 0.970. The molecule has 0 fully saturated rings. The highest BCUT2D eigenvalue weighted by atomic mass is 16.5. The number of nitrogens with zero attached hydrogens (tertiary/aromatic N) is 1. The van der Waals surface area contributed by atoms with E-state index < -0.39 is 0 Å². The predicted octanol–water partition coefficient (Wildman–Crippen LogP) is 3.54. The molecule has 0 radical (unpaired) electrons. The van der Waals surface area contributed by atoms with Crippen LogP contribution in [-0.4, -0.2) is 11.8 Å². The molecule has 118 valence electrons. The summed E-state index contributed by atoms with van der Waals surface area (Å²) in [5.41, 5.74) is 2.10. The van der Waals surface area contributed by atoms with Crippen molar-refractivity contribution in [2.24, 2.45) is 0 Å². The monoisotopic (exact) mass is 308 g/mol. The van der Waals surface area contributed by atoms with Gasteiger partial charge < -0.3 is 10.1 Å². The van der Waals surface area contributed by atoms with Gasteiger partial charge in [-0.15, -0.1) is 0 Å². The van der Waals surface area contributed by atoms with Gasteiger partial charge in [0.25, 0.3) is 0 Å². The van der Waals surface area contributed by atoms with Crippen molar-refractivity contribution in [1.29, 1.82) is 5.26 Å². The normalized spacial score (nSPS) is 21.0. The molecule has 1 heterocycles. The van der Waals surface area contributed by atoms with E-state index in [9.17, 15) is 10.1 Å². The fourth-order valence-electron chi connectivity index (χ4n) is 3.18. The summed E-state index contributed by atoms with van der Waals surface area (Å²) in [4.78, 5) is 12.5. The van der Waals surface area contributed by atoms with Gasteiger partial charge in [0.2, 0.25) is 5.88 Å². The van der Waals surface area contributed by atoms with Gasteiger partial charge in [-0.25, -0.2) is 0 Å². The number of nitriles is 1. The third kappa shape index (κ3) is 2.87. The maximum absolute atomic E-state index is 12.5. The van der Waals surface area contributed by atoms with Gasteiger partial charge in [-0.1, -0.05) is 30.3 Å². The molecule has 1 aliphatic heterocycles. The van der Waals surface area contributed by atoms with E-state index in [0.717, 1.165) is 24.2 Å². The van der Waals surface area contributed by atoms with E-state index in [2.05, 4.69) is 11.4 Å². The van der Waals surface area contributed by atoms with E-state index in [1.54, 1.807) is 0 Å². The molecule has 1 aromatic rings. The fraction of sp³-hybridized carbons (Fsp3) is 0.368. The maximum Gasteiger partial charge on any atom is 0.207 e. The van der Waals surface area contributed by atoms with Crippen LogP contribution in [0, 0.1) is 11.3 Å². The highest BCUT2D eigenvalue weighted by Crippen LogP contribution is 2.43. The number of hydrogen-bond donors (Lipinski definition) is 1. The van der Waals surface area contributed by atoms with E-state index in [-0.39, 0.29) is 17.7 Å². The number of Topliss-reactive ketones (excluding diaryl/α,β-unsaturated/α-hetero) is 1. The maximum atomic E-state index is 12.5.